The average Bonchev–Trinajstić information content (AvgIpc) is 2.09. The second-order valence-corrected chi connectivity index (χ2v) is 3.12. The van der Waals surface area contributed by atoms with Crippen LogP contribution < -0.4 is 10.5 Å². The lowest BCUT2D eigenvalue weighted by atomic mass is 10.0. The van der Waals surface area contributed by atoms with Crippen molar-refractivity contribution < 1.29 is 18.3 Å². The Balaban J connectivity index is 3.17. The van der Waals surface area contributed by atoms with Crippen LogP contribution in [0.2, 0.25) is 0 Å². The van der Waals surface area contributed by atoms with Crippen molar-refractivity contribution in [3.8, 4) is 5.75 Å². The van der Waals surface area contributed by atoms with Crippen LogP contribution >= 0.6 is 0 Å². The number of hydrogen-bond acceptors (Lipinski definition) is 3. The molecule has 0 atom stereocenters. The summed E-state index contributed by atoms with van der Waals surface area (Å²) in [6.45, 7) is 0.0681. The summed E-state index contributed by atoms with van der Waals surface area (Å²) >= 11 is 0. The average molecular weight is 215 g/mol. The summed E-state index contributed by atoms with van der Waals surface area (Å²) in [7, 11) is 0. The summed E-state index contributed by atoms with van der Waals surface area (Å²) in [6, 6.07) is 2.54. The van der Waals surface area contributed by atoms with Crippen molar-refractivity contribution in [2.24, 2.45) is 0 Å². The molecule has 1 aromatic carbocycles. The number of carbonyl (C=O) groups excluding carboxylic acids is 1. The van der Waals surface area contributed by atoms with Gasteiger partial charge in [-0.3, -0.25) is 4.79 Å². The molecule has 5 heteroatoms. The molecule has 3 nitrogen and oxygen atoms in total. The molecule has 82 valence electrons. The molecule has 2 N–H and O–H groups in total. The van der Waals surface area contributed by atoms with Crippen LogP contribution in [-0.4, -0.2) is 12.4 Å². The van der Waals surface area contributed by atoms with Gasteiger partial charge >= 0.3 is 6.61 Å². The Morgan fingerprint density at radius 3 is 2.53 bits per heavy atom. The molecule has 1 aromatic rings. The second-order valence-electron chi connectivity index (χ2n) is 3.12. The number of ketones is 1. The standard InChI is InChI=1S/C10H11F2NO2/c1-5-8(6(2)14)3-7(4-9(5)13)15-10(11)12/h3-4,10H,13H2,1-2H3. The number of Topliss-reactive ketones (excluding diaryl/α,β-unsaturated/α-hetero) is 1. The van der Waals surface area contributed by atoms with Crippen LogP contribution in [-0.2, 0) is 0 Å². The van der Waals surface area contributed by atoms with E-state index in [1.165, 1.54) is 19.1 Å². The summed E-state index contributed by atoms with van der Waals surface area (Å²) in [4.78, 5) is 11.2. The largest absolute Gasteiger partial charge is 0.435 e. The molecule has 0 spiro atoms. The highest BCUT2D eigenvalue weighted by molar-refractivity contribution is 5.97. The zero-order valence-electron chi connectivity index (χ0n) is 8.38. The Hall–Kier alpha value is -1.65. The van der Waals surface area contributed by atoms with Gasteiger partial charge in [0.05, 0.1) is 0 Å². The number of rotatable bonds is 3. The van der Waals surface area contributed by atoms with Crippen LogP contribution in [0.25, 0.3) is 0 Å². The van der Waals surface area contributed by atoms with Crippen LogP contribution in [0, 0.1) is 6.92 Å². The molecular formula is C10H11F2NO2. The van der Waals surface area contributed by atoms with Gasteiger partial charge < -0.3 is 10.5 Å². The van der Waals surface area contributed by atoms with Crippen molar-refractivity contribution >= 4 is 11.5 Å². The minimum atomic E-state index is -2.92. The Morgan fingerprint density at radius 2 is 2.07 bits per heavy atom. The first-order valence-corrected chi connectivity index (χ1v) is 4.27. The lowest BCUT2D eigenvalue weighted by molar-refractivity contribution is -0.0498. The molecule has 0 saturated heterocycles. The fourth-order valence-electron chi connectivity index (χ4n) is 1.25. The lowest BCUT2D eigenvalue weighted by Gasteiger charge is -2.10. The number of carbonyl (C=O) groups is 1. The maximum atomic E-state index is 11.9. The van der Waals surface area contributed by atoms with E-state index in [0.717, 1.165) is 0 Å². The number of nitrogen functional groups attached to an aromatic ring is 1. The summed E-state index contributed by atoms with van der Waals surface area (Å²) in [5, 5.41) is 0. The number of alkyl halides is 2. The van der Waals surface area contributed by atoms with E-state index in [2.05, 4.69) is 4.74 Å². The van der Waals surface area contributed by atoms with Gasteiger partial charge in [-0.05, 0) is 25.5 Å². The van der Waals surface area contributed by atoms with Gasteiger partial charge in [0, 0.05) is 17.3 Å². The Bertz CT molecular complexity index is 391. The van der Waals surface area contributed by atoms with Crippen molar-refractivity contribution in [1.82, 2.24) is 0 Å². The van der Waals surface area contributed by atoms with Crippen LogP contribution in [0.3, 0.4) is 0 Å². The normalized spacial score (nSPS) is 10.5. The predicted molar refractivity (Wildman–Crippen MR) is 52.2 cm³/mol. The smallest absolute Gasteiger partial charge is 0.387 e. The van der Waals surface area contributed by atoms with E-state index in [0.29, 0.717) is 11.1 Å². The Kier molecular flexibility index (Phi) is 3.24. The molecule has 0 unspecified atom stereocenters. The number of halogens is 2. The van der Waals surface area contributed by atoms with E-state index in [1.807, 2.05) is 0 Å². The molecule has 0 aliphatic heterocycles. The van der Waals surface area contributed by atoms with E-state index in [4.69, 9.17) is 5.73 Å². The van der Waals surface area contributed by atoms with E-state index >= 15 is 0 Å². The third-order valence-corrected chi connectivity index (χ3v) is 2.03. The molecule has 0 aliphatic rings. The van der Waals surface area contributed by atoms with Gasteiger partial charge in [-0.25, -0.2) is 0 Å². The Morgan fingerprint density at radius 1 is 1.47 bits per heavy atom. The summed E-state index contributed by atoms with van der Waals surface area (Å²) in [5.74, 6) is -0.336. The molecule has 1 rings (SSSR count). The fraction of sp³-hybridized carbons (Fsp3) is 0.300. The number of anilines is 1. The van der Waals surface area contributed by atoms with Gasteiger partial charge in [0.25, 0.3) is 0 Å². The molecule has 0 aliphatic carbocycles. The van der Waals surface area contributed by atoms with Gasteiger partial charge in [-0.2, -0.15) is 8.78 Å². The van der Waals surface area contributed by atoms with Crippen LogP contribution in [0.1, 0.15) is 22.8 Å². The fourth-order valence-corrected chi connectivity index (χ4v) is 1.25. The molecule has 15 heavy (non-hydrogen) atoms. The number of benzene rings is 1. The zero-order valence-corrected chi connectivity index (χ0v) is 8.38. The first-order chi connectivity index (χ1) is 6.91. The lowest BCUT2D eigenvalue weighted by Crippen LogP contribution is -2.06. The molecule has 0 amide bonds. The van der Waals surface area contributed by atoms with Crippen molar-refractivity contribution in [2.45, 2.75) is 20.5 Å². The highest BCUT2D eigenvalue weighted by Gasteiger charge is 2.12. The minimum Gasteiger partial charge on any atom is -0.435 e. The molecule has 0 bridgehead atoms. The maximum absolute atomic E-state index is 11.9. The monoisotopic (exact) mass is 215 g/mol. The first-order valence-electron chi connectivity index (χ1n) is 4.27. The molecule has 0 radical (unpaired) electrons. The SMILES string of the molecule is CC(=O)c1cc(OC(F)F)cc(N)c1C. The molecule has 0 saturated carbocycles. The summed E-state index contributed by atoms with van der Waals surface area (Å²) in [5.41, 5.74) is 6.69. The van der Waals surface area contributed by atoms with Crippen LogP contribution in [0.15, 0.2) is 12.1 Å². The Labute approximate surface area is 85.8 Å². The number of ether oxygens (including phenoxy) is 1. The minimum absolute atomic E-state index is 0.0988. The van der Waals surface area contributed by atoms with E-state index in [-0.39, 0.29) is 17.2 Å². The first kappa shape index (κ1) is 11.4. The van der Waals surface area contributed by atoms with Gasteiger partial charge in [-0.1, -0.05) is 0 Å². The van der Waals surface area contributed by atoms with Crippen LogP contribution in [0.4, 0.5) is 14.5 Å². The third-order valence-electron chi connectivity index (χ3n) is 2.03. The van der Waals surface area contributed by atoms with Gasteiger partial charge in [0.1, 0.15) is 5.75 Å². The third kappa shape index (κ3) is 2.65. The number of hydrogen-bond donors (Lipinski definition) is 1. The zero-order chi connectivity index (χ0) is 11.6. The van der Waals surface area contributed by atoms with Gasteiger partial charge in [-0.15, -0.1) is 0 Å². The number of nitrogens with two attached hydrogens (primary N) is 1. The van der Waals surface area contributed by atoms with E-state index < -0.39 is 6.61 Å². The van der Waals surface area contributed by atoms with Gasteiger partial charge in [0.2, 0.25) is 0 Å². The highest BCUT2D eigenvalue weighted by atomic mass is 19.3. The van der Waals surface area contributed by atoms with Crippen molar-refractivity contribution in [1.29, 1.82) is 0 Å². The quantitative estimate of drug-likeness (QED) is 0.622. The van der Waals surface area contributed by atoms with Gasteiger partial charge in [0.15, 0.2) is 5.78 Å². The predicted octanol–water partition coefficient (Wildman–Crippen LogP) is 2.38. The molecular weight excluding hydrogens is 204 g/mol. The second kappa shape index (κ2) is 4.25. The van der Waals surface area contributed by atoms with Crippen molar-refractivity contribution in [2.75, 3.05) is 5.73 Å². The van der Waals surface area contributed by atoms with E-state index in [9.17, 15) is 13.6 Å². The summed E-state index contributed by atoms with van der Waals surface area (Å²) < 4.78 is 28.1. The highest BCUT2D eigenvalue weighted by Crippen LogP contribution is 2.25. The van der Waals surface area contributed by atoms with Crippen molar-refractivity contribution in [3.05, 3.63) is 23.3 Å². The van der Waals surface area contributed by atoms with E-state index in [1.54, 1.807) is 6.92 Å². The topological polar surface area (TPSA) is 52.3 Å². The van der Waals surface area contributed by atoms with Crippen molar-refractivity contribution in [3.63, 3.8) is 0 Å². The molecule has 0 heterocycles. The summed E-state index contributed by atoms with van der Waals surface area (Å²) in [6.07, 6.45) is 0. The maximum Gasteiger partial charge on any atom is 0.387 e. The van der Waals surface area contributed by atoms with Crippen LogP contribution in [0.5, 0.6) is 5.75 Å². The molecule has 0 aromatic heterocycles. The molecule has 0 fully saturated rings.